The molecule has 1 atom stereocenters. The Morgan fingerprint density at radius 1 is 1.31 bits per heavy atom. The number of nitrogens with one attached hydrogen (secondary N) is 3. The zero-order valence-corrected chi connectivity index (χ0v) is 17.3. The Hall–Kier alpha value is -1.33. The molecule has 0 saturated carbocycles. The second-order valence-electron chi connectivity index (χ2n) is 6.57. The van der Waals surface area contributed by atoms with Crippen molar-refractivity contribution in [2.45, 2.75) is 18.9 Å². The van der Waals surface area contributed by atoms with Gasteiger partial charge in [-0.1, -0.05) is 23.7 Å². The van der Waals surface area contributed by atoms with Crippen LogP contribution in [0.15, 0.2) is 30.5 Å². The number of nitrogens with zero attached hydrogens (tertiary/aromatic N) is 2. The van der Waals surface area contributed by atoms with E-state index in [0.29, 0.717) is 22.8 Å². The molecule has 0 aliphatic carbocycles. The van der Waals surface area contributed by atoms with Crippen LogP contribution in [0, 0.1) is 0 Å². The van der Waals surface area contributed by atoms with Gasteiger partial charge in [0.15, 0.2) is 5.82 Å². The number of rotatable bonds is 5. The van der Waals surface area contributed by atoms with E-state index in [2.05, 4.69) is 25.9 Å². The van der Waals surface area contributed by atoms with Crippen molar-refractivity contribution < 1.29 is 4.57 Å². The first-order chi connectivity index (χ1) is 11.9. The van der Waals surface area contributed by atoms with E-state index in [0.717, 1.165) is 36.9 Å². The molecule has 1 aliphatic rings. The van der Waals surface area contributed by atoms with Crippen LogP contribution in [0.2, 0.25) is 5.02 Å². The van der Waals surface area contributed by atoms with Crippen molar-refractivity contribution in [3.05, 3.63) is 35.5 Å². The van der Waals surface area contributed by atoms with Crippen molar-refractivity contribution in [2.75, 3.05) is 37.1 Å². The average molecular weight is 416 g/mol. The highest BCUT2D eigenvalue weighted by Crippen LogP contribution is 2.38. The maximum Gasteiger partial charge on any atom is 0.224 e. The van der Waals surface area contributed by atoms with Gasteiger partial charge < -0.3 is 20.5 Å². The Kier molecular flexibility index (Phi) is 7.30. The normalized spacial score (nSPS) is 17.3. The van der Waals surface area contributed by atoms with Crippen molar-refractivity contribution in [1.29, 1.82) is 0 Å². The van der Waals surface area contributed by atoms with Crippen LogP contribution in [-0.2, 0) is 4.57 Å². The standard InChI is InChI=1S/C17H23ClN5OP.ClH/c1-25(2,24)15-8-4-3-7-14(15)22-16-13(18)11-20-17(23-16)21-12-6-5-9-19-10-12;/h3-4,7-8,11-12,19H,5-6,9-10H2,1-2H3,(H2,20,21,22,23);1H/t12-;/m1./s1. The number of benzene rings is 1. The number of aromatic nitrogens is 2. The molecular weight excluding hydrogens is 392 g/mol. The minimum absolute atomic E-state index is 0. The smallest absolute Gasteiger partial charge is 0.224 e. The van der Waals surface area contributed by atoms with Crippen LogP contribution in [0.3, 0.4) is 0 Å². The fourth-order valence-electron chi connectivity index (χ4n) is 2.86. The zero-order chi connectivity index (χ0) is 17.9. The number of halogens is 2. The molecule has 0 radical (unpaired) electrons. The summed E-state index contributed by atoms with van der Waals surface area (Å²) in [5, 5.41) is 11.1. The Bertz CT molecular complexity index is 792. The number of para-hydroxylation sites is 1. The highest BCUT2D eigenvalue weighted by molar-refractivity contribution is 7.70. The summed E-state index contributed by atoms with van der Waals surface area (Å²) < 4.78 is 12.5. The van der Waals surface area contributed by atoms with Crippen LogP contribution >= 0.6 is 31.1 Å². The molecule has 1 aliphatic heterocycles. The molecule has 2 heterocycles. The summed E-state index contributed by atoms with van der Waals surface area (Å²) in [4.78, 5) is 8.77. The molecule has 3 N–H and O–H groups in total. The molecule has 0 unspecified atom stereocenters. The molecule has 0 bridgehead atoms. The van der Waals surface area contributed by atoms with Crippen molar-refractivity contribution >= 4 is 53.9 Å². The van der Waals surface area contributed by atoms with E-state index in [1.54, 1.807) is 19.5 Å². The molecule has 2 aromatic rings. The van der Waals surface area contributed by atoms with Gasteiger partial charge in [-0.2, -0.15) is 4.98 Å². The SMILES string of the molecule is CP(C)(=O)c1ccccc1Nc1nc(N[C@@H]2CCCNC2)ncc1Cl.Cl. The second kappa shape index (κ2) is 9.05. The zero-order valence-electron chi connectivity index (χ0n) is 14.8. The lowest BCUT2D eigenvalue weighted by atomic mass is 10.1. The lowest BCUT2D eigenvalue weighted by Crippen LogP contribution is -2.38. The van der Waals surface area contributed by atoms with Crippen molar-refractivity contribution in [2.24, 2.45) is 0 Å². The van der Waals surface area contributed by atoms with Gasteiger partial charge in [-0.15, -0.1) is 12.4 Å². The summed E-state index contributed by atoms with van der Waals surface area (Å²) in [5.41, 5.74) is 0.752. The maximum atomic E-state index is 12.5. The first-order valence-electron chi connectivity index (χ1n) is 8.35. The first-order valence-corrected chi connectivity index (χ1v) is 11.3. The van der Waals surface area contributed by atoms with Gasteiger partial charge in [-0.3, -0.25) is 0 Å². The van der Waals surface area contributed by atoms with Crippen LogP contribution in [0.4, 0.5) is 17.5 Å². The van der Waals surface area contributed by atoms with Crippen LogP contribution in [0.5, 0.6) is 0 Å². The Morgan fingerprint density at radius 3 is 2.77 bits per heavy atom. The third kappa shape index (κ3) is 5.34. The second-order valence-corrected chi connectivity index (χ2v) is 10.2. The summed E-state index contributed by atoms with van der Waals surface area (Å²) in [6, 6.07) is 7.83. The molecule has 1 saturated heterocycles. The summed E-state index contributed by atoms with van der Waals surface area (Å²) in [6.45, 7) is 5.44. The predicted octanol–water partition coefficient (Wildman–Crippen LogP) is 3.71. The highest BCUT2D eigenvalue weighted by Gasteiger charge is 2.18. The van der Waals surface area contributed by atoms with Gasteiger partial charge in [0.2, 0.25) is 5.95 Å². The van der Waals surface area contributed by atoms with E-state index in [9.17, 15) is 4.57 Å². The Morgan fingerprint density at radius 2 is 2.08 bits per heavy atom. The van der Waals surface area contributed by atoms with Crippen LogP contribution in [0.1, 0.15) is 12.8 Å². The largest absolute Gasteiger partial charge is 0.350 e. The minimum Gasteiger partial charge on any atom is -0.350 e. The lowest BCUT2D eigenvalue weighted by molar-refractivity contribution is 0.478. The van der Waals surface area contributed by atoms with Crippen LogP contribution < -0.4 is 21.3 Å². The number of piperidine rings is 1. The maximum absolute atomic E-state index is 12.5. The third-order valence-corrected chi connectivity index (χ3v) is 5.94. The van der Waals surface area contributed by atoms with Crippen LogP contribution in [0.25, 0.3) is 0 Å². The molecule has 1 aromatic heterocycles. The van der Waals surface area contributed by atoms with Crippen LogP contribution in [-0.4, -0.2) is 42.4 Å². The molecule has 3 rings (SSSR count). The Labute approximate surface area is 165 Å². The van der Waals surface area contributed by atoms with E-state index >= 15 is 0 Å². The Balaban J connectivity index is 0.00000243. The fraction of sp³-hybridized carbons (Fsp3) is 0.412. The van der Waals surface area contributed by atoms with E-state index in [4.69, 9.17) is 11.6 Å². The summed E-state index contributed by atoms with van der Waals surface area (Å²) in [6.07, 6.45) is 3.79. The quantitative estimate of drug-likeness (QED) is 0.646. The molecule has 1 aromatic carbocycles. The van der Waals surface area contributed by atoms with Gasteiger partial charge in [-0.05, 0) is 44.8 Å². The number of hydrogen-bond donors (Lipinski definition) is 3. The minimum atomic E-state index is -2.42. The average Bonchev–Trinajstić information content (AvgIpc) is 2.58. The van der Waals surface area contributed by atoms with E-state index in [1.807, 2.05) is 24.3 Å². The van der Waals surface area contributed by atoms with E-state index in [-0.39, 0.29) is 12.4 Å². The molecule has 0 spiro atoms. The third-order valence-electron chi connectivity index (χ3n) is 4.11. The number of hydrogen-bond acceptors (Lipinski definition) is 6. The lowest BCUT2D eigenvalue weighted by Gasteiger charge is -2.24. The molecule has 142 valence electrons. The summed E-state index contributed by atoms with van der Waals surface area (Å²) in [7, 11) is -2.42. The fourth-order valence-corrected chi connectivity index (χ4v) is 4.15. The van der Waals surface area contributed by atoms with Gasteiger partial charge in [-0.25, -0.2) is 4.98 Å². The first kappa shape index (κ1) is 21.0. The number of anilines is 3. The topological polar surface area (TPSA) is 78.9 Å². The molecule has 6 nitrogen and oxygen atoms in total. The van der Waals surface area contributed by atoms with Gasteiger partial charge in [0.25, 0.3) is 0 Å². The van der Waals surface area contributed by atoms with Gasteiger partial charge >= 0.3 is 0 Å². The van der Waals surface area contributed by atoms with E-state index in [1.165, 1.54) is 0 Å². The summed E-state index contributed by atoms with van der Waals surface area (Å²) >= 11 is 6.26. The molecule has 0 amide bonds. The molecular formula is C17H24Cl2N5OP. The summed E-state index contributed by atoms with van der Waals surface area (Å²) in [5.74, 6) is 1.04. The van der Waals surface area contributed by atoms with Gasteiger partial charge in [0.05, 0.1) is 11.9 Å². The highest BCUT2D eigenvalue weighted by atomic mass is 35.5. The van der Waals surface area contributed by atoms with Crippen molar-refractivity contribution in [3.8, 4) is 0 Å². The molecule has 26 heavy (non-hydrogen) atoms. The monoisotopic (exact) mass is 415 g/mol. The molecule has 1 fully saturated rings. The predicted molar refractivity (Wildman–Crippen MR) is 113 cm³/mol. The van der Waals surface area contributed by atoms with Crippen molar-refractivity contribution in [1.82, 2.24) is 15.3 Å². The van der Waals surface area contributed by atoms with Gasteiger partial charge in [0, 0.05) is 17.9 Å². The van der Waals surface area contributed by atoms with Crippen molar-refractivity contribution in [3.63, 3.8) is 0 Å². The molecule has 9 heteroatoms. The van der Waals surface area contributed by atoms with Gasteiger partial charge in [0.1, 0.15) is 12.2 Å². The van der Waals surface area contributed by atoms with E-state index < -0.39 is 7.14 Å².